The van der Waals surface area contributed by atoms with E-state index in [1.165, 1.54) is 31.3 Å². The first kappa shape index (κ1) is 4.60. The zero-order chi connectivity index (χ0) is 5.40. The molecule has 0 aromatic heterocycles. The Labute approximate surface area is 50.6 Å². The highest BCUT2D eigenvalue weighted by Gasteiger charge is 2.23. The van der Waals surface area contributed by atoms with Crippen LogP contribution >= 0.6 is 0 Å². The Morgan fingerprint density at radius 1 is 1.50 bits per heavy atom. The van der Waals surface area contributed by atoms with Gasteiger partial charge in [-0.15, -0.1) is 0 Å². The minimum absolute atomic E-state index is 0.926. The number of fused-ring (bicyclic) bond motifs is 1. The summed E-state index contributed by atoms with van der Waals surface area (Å²) >= 11 is 0. The van der Waals surface area contributed by atoms with Gasteiger partial charge in [-0.1, -0.05) is 11.6 Å². The van der Waals surface area contributed by atoms with Crippen LogP contribution in [0.4, 0.5) is 0 Å². The second-order valence-electron chi connectivity index (χ2n) is 2.65. The molecule has 0 heteroatoms. The van der Waals surface area contributed by atoms with Crippen LogP contribution in [-0.4, -0.2) is 0 Å². The SMILES string of the molecule is [C]1CCC2CCC=C12. The summed E-state index contributed by atoms with van der Waals surface area (Å²) < 4.78 is 0. The molecule has 0 aliphatic heterocycles. The van der Waals surface area contributed by atoms with Gasteiger partial charge in [0, 0.05) is 6.42 Å². The van der Waals surface area contributed by atoms with E-state index in [-0.39, 0.29) is 0 Å². The summed E-state index contributed by atoms with van der Waals surface area (Å²) in [5, 5.41) is 0. The smallest absolute Gasteiger partial charge is 0.0120 e. The molecule has 0 saturated heterocycles. The molecule has 8 heavy (non-hydrogen) atoms. The predicted molar refractivity (Wildman–Crippen MR) is 33.3 cm³/mol. The van der Waals surface area contributed by atoms with Gasteiger partial charge in [-0.2, -0.15) is 0 Å². The summed E-state index contributed by atoms with van der Waals surface area (Å²) in [4.78, 5) is 0. The van der Waals surface area contributed by atoms with Crippen molar-refractivity contribution >= 4 is 0 Å². The van der Waals surface area contributed by atoms with Gasteiger partial charge in [0.15, 0.2) is 0 Å². The monoisotopic (exact) mass is 106 g/mol. The van der Waals surface area contributed by atoms with E-state index in [4.69, 9.17) is 0 Å². The Kier molecular flexibility index (Phi) is 0.927. The zero-order valence-electron chi connectivity index (χ0n) is 4.98. The molecule has 0 spiro atoms. The third kappa shape index (κ3) is 0.521. The average molecular weight is 106 g/mol. The molecule has 2 aliphatic rings. The number of hydrogen-bond donors (Lipinski definition) is 0. The van der Waals surface area contributed by atoms with E-state index in [0.717, 1.165) is 5.92 Å². The first-order valence-corrected chi connectivity index (χ1v) is 3.41. The second-order valence-corrected chi connectivity index (χ2v) is 2.65. The maximum Gasteiger partial charge on any atom is 0.0120 e. The molecule has 2 rings (SSSR count). The largest absolute Gasteiger partial charge is 0.0844 e. The molecule has 0 aromatic rings. The van der Waals surface area contributed by atoms with Crippen LogP contribution in [0.3, 0.4) is 0 Å². The minimum Gasteiger partial charge on any atom is -0.0844 e. The van der Waals surface area contributed by atoms with Gasteiger partial charge in [0.25, 0.3) is 0 Å². The van der Waals surface area contributed by atoms with Crippen molar-refractivity contribution in [3.63, 3.8) is 0 Å². The van der Waals surface area contributed by atoms with Crippen molar-refractivity contribution in [2.45, 2.75) is 25.7 Å². The number of hydrogen-bond acceptors (Lipinski definition) is 0. The molecule has 2 radical (unpaired) electrons. The summed E-state index contributed by atoms with van der Waals surface area (Å²) in [6, 6.07) is 0. The van der Waals surface area contributed by atoms with Gasteiger partial charge in [0.05, 0.1) is 0 Å². The third-order valence-corrected chi connectivity index (χ3v) is 2.14. The van der Waals surface area contributed by atoms with Crippen LogP contribution in [0, 0.1) is 12.3 Å². The van der Waals surface area contributed by atoms with Crippen molar-refractivity contribution < 1.29 is 0 Å². The van der Waals surface area contributed by atoms with E-state index in [2.05, 4.69) is 12.5 Å². The van der Waals surface area contributed by atoms with E-state index in [1.807, 2.05) is 0 Å². The van der Waals surface area contributed by atoms with Crippen molar-refractivity contribution in [3.05, 3.63) is 18.1 Å². The molecule has 0 aromatic carbocycles. The molecular formula is C8H10. The lowest BCUT2D eigenvalue weighted by Gasteiger charge is -1.98. The van der Waals surface area contributed by atoms with Crippen molar-refractivity contribution in [1.29, 1.82) is 0 Å². The molecule has 1 unspecified atom stereocenters. The van der Waals surface area contributed by atoms with Crippen LogP contribution in [0.25, 0.3) is 0 Å². The van der Waals surface area contributed by atoms with Crippen LogP contribution in [0.1, 0.15) is 25.7 Å². The Morgan fingerprint density at radius 3 is 3.38 bits per heavy atom. The predicted octanol–water partition coefficient (Wildman–Crippen LogP) is 2.20. The van der Waals surface area contributed by atoms with Gasteiger partial charge in [-0.25, -0.2) is 0 Å². The zero-order valence-corrected chi connectivity index (χ0v) is 4.98. The Bertz CT molecular complexity index is 122. The van der Waals surface area contributed by atoms with E-state index in [9.17, 15) is 0 Å². The number of rotatable bonds is 0. The lowest BCUT2D eigenvalue weighted by Crippen LogP contribution is -1.86. The maximum absolute atomic E-state index is 3.38. The fourth-order valence-corrected chi connectivity index (χ4v) is 1.67. The summed E-state index contributed by atoms with van der Waals surface area (Å²) in [6.45, 7) is 0. The molecule has 0 amide bonds. The highest BCUT2D eigenvalue weighted by Crippen LogP contribution is 2.38. The molecule has 1 saturated carbocycles. The summed E-state index contributed by atoms with van der Waals surface area (Å²) in [5.74, 6) is 0.926. The van der Waals surface area contributed by atoms with Gasteiger partial charge in [-0.05, 0) is 31.6 Å². The van der Waals surface area contributed by atoms with Crippen LogP contribution in [0.15, 0.2) is 11.6 Å². The lowest BCUT2D eigenvalue weighted by molar-refractivity contribution is 0.611. The number of allylic oxidation sites excluding steroid dienone is 2. The average Bonchev–Trinajstić information content (AvgIpc) is 2.15. The molecule has 2 aliphatic carbocycles. The van der Waals surface area contributed by atoms with Crippen molar-refractivity contribution in [1.82, 2.24) is 0 Å². The molecule has 0 heterocycles. The van der Waals surface area contributed by atoms with E-state index in [0.29, 0.717) is 0 Å². The first-order chi connectivity index (χ1) is 3.97. The maximum atomic E-state index is 3.38. The molecule has 0 nitrogen and oxygen atoms in total. The lowest BCUT2D eigenvalue weighted by atomic mass is 10.1. The molecule has 0 bridgehead atoms. The van der Waals surface area contributed by atoms with Gasteiger partial charge in [0.2, 0.25) is 0 Å². The van der Waals surface area contributed by atoms with Gasteiger partial charge < -0.3 is 0 Å². The van der Waals surface area contributed by atoms with Crippen molar-refractivity contribution in [3.8, 4) is 0 Å². The Morgan fingerprint density at radius 2 is 2.50 bits per heavy atom. The van der Waals surface area contributed by atoms with Gasteiger partial charge >= 0.3 is 0 Å². The van der Waals surface area contributed by atoms with Crippen molar-refractivity contribution in [2.75, 3.05) is 0 Å². The Balaban J connectivity index is 2.20. The van der Waals surface area contributed by atoms with Gasteiger partial charge in [0.1, 0.15) is 0 Å². The van der Waals surface area contributed by atoms with E-state index >= 15 is 0 Å². The van der Waals surface area contributed by atoms with Crippen LogP contribution in [0.5, 0.6) is 0 Å². The third-order valence-electron chi connectivity index (χ3n) is 2.14. The molecule has 42 valence electrons. The minimum atomic E-state index is 0.926. The van der Waals surface area contributed by atoms with Crippen LogP contribution in [0.2, 0.25) is 0 Å². The molecular weight excluding hydrogens is 96.1 g/mol. The summed E-state index contributed by atoms with van der Waals surface area (Å²) in [5.41, 5.74) is 1.53. The first-order valence-electron chi connectivity index (χ1n) is 3.41. The normalized spacial score (nSPS) is 35.0. The van der Waals surface area contributed by atoms with E-state index in [1.54, 1.807) is 0 Å². The quantitative estimate of drug-likeness (QED) is 0.444. The highest BCUT2D eigenvalue weighted by molar-refractivity contribution is 5.25. The standard InChI is InChI=1S/C8H10/c1-3-7-5-2-6-8(7)4-1/h3,8H,1-2,4,6H2. The molecule has 1 fully saturated rings. The summed E-state index contributed by atoms with van der Waals surface area (Å²) in [7, 11) is 0. The Hall–Kier alpha value is -0.260. The van der Waals surface area contributed by atoms with E-state index < -0.39 is 0 Å². The second kappa shape index (κ2) is 1.61. The fraction of sp³-hybridized carbons (Fsp3) is 0.625. The molecule has 0 N–H and O–H groups in total. The molecule has 1 atom stereocenters. The van der Waals surface area contributed by atoms with Crippen LogP contribution < -0.4 is 0 Å². The van der Waals surface area contributed by atoms with Crippen LogP contribution in [-0.2, 0) is 0 Å². The van der Waals surface area contributed by atoms with Gasteiger partial charge in [-0.3, -0.25) is 0 Å². The van der Waals surface area contributed by atoms with Crippen molar-refractivity contribution in [2.24, 2.45) is 5.92 Å². The summed E-state index contributed by atoms with van der Waals surface area (Å²) in [6.07, 6.45) is 11.0. The highest BCUT2D eigenvalue weighted by atomic mass is 14.3. The topological polar surface area (TPSA) is 0 Å². The fourth-order valence-electron chi connectivity index (χ4n) is 1.67.